The second-order valence-electron chi connectivity index (χ2n) is 6.01. The van der Waals surface area contributed by atoms with Crippen LogP contribution in [-0.2, 0) is 14.2 Å². The van der Waals surface area contributed by atoms with E-state index in [2.05, 4.69) is 5.32 Å². The minimum atomic E-state index is -0.580. The highest BCUT2D eigenvalue weighted by atomic mass is 16.7. The average molecular weight is 355 g/mol. The summed E-state index contributed by atoms with van der Waals surface area (Å²) < 4.78 is 16.3. The van der Waals surface area contributed by atoms with Crippen LogP contribution in [0, 0.1) is 0 Å². The van der Waals surface area contributed by atoms with Gasteiger partial charge in [-0.05, 0) is 24.3 Å². The van der Waals surface area contributed by atoms with Crippen molar-refractivity contribution >= 4 is 11.9 Å². The van der Waals surface area contributed by atoms with Crippen LogP contribution >= 0.6 is 0 Å². The van der Waals surface area contributed by atoms with Crippen molar-refractivity contribution in [1.29, 1.82) is 0 Å². The van der Waals surface area contributed by atoms with Gasteiger partial charge in [-0.3, -0.25) is 4.79 Å². The molecule has 0 aliphatic carbocycles. The molecule has 136 valence electrons. The van der Waals surface area contributed by atoms with E-state index in [0.717, 1.165) is 0 Å². The van der Waals surface area contributed by atoms with Gasteiger partial charge in [0.25, 0.3) is 5.91 Å². The zero-order valence-electron chi connectivity index (χ0n) is 14.5. The Morgan fingerprint density at radius 2 is 1.65 bits per heavy atom. The predicted molar refractivity (Wildman–Crippen MR) is 94.7 cm³/mol. The van der Waals surface area contributed by atoms with Crippen molar-refractivity contribution in [3.05, 3.63) is 71.8 Å². The van der Waals surface area contributed by atoms with Crippen LogP contribution < -0.4 is 5.32 Å². The first-order valence-corrected chi connectivity index (χ1v) is 8.43. The van der Waals surface area contributed by atoms with Crippen LogP contribution in [0.15, 0.2) is 60.7 Å². The third-order valence-electron chi connectivity index (χ3n) is 4.17. The molecule has 1 N–H and O–H groups in total. The van der Waals surface area contributed by atoms with Crippen molar-refractivity contribution in [2.45, 2.75) is 24.9 Å². The molecule has 1 fully saturated rings. The van der Waals surface area contributed by atoms with Crippen molar-refractivity contribution in [1.82, 2.24) is 5.32 Å². The molecule has 1 saturated heterocycles. The fraction of sp³-hybridized carbons (Fsp3) is 0.300. The van der Waals surface area contributed by atoms with Gasteiger partial charge in [0.2, 0.25) is 0 Å². The molecule has 6 heteroatoms. The van der Waals surface area contributed by atoms with Gasteiger partial charge in [0, 0.05) is 19.1 Å². The molecular weight excluding hydrogens is 334 g/mol. The van der Waals surface area contributed by atoms with Crippen molar-refractivity contribution in [2.75, 3.05) is 13.7 Å². The number of rotatable bonds is 6. The van der Waals surface area contributed by atoms with E-state index in [1.807, 2.05) is 12.1 Å². The van der Waals surface area contributed by atoms with Gasteiger partial charge in [0.05, 0.1) is 17.7 Å². The quantitative estimate of drug-likeness (QED) is 0.806. The van der Waals surface area contributed by atoms with Gasteiger partial charge < -0.3 is 19.5 Å². The molecule has 0 unspecified atom stereocenters. The van der Waals surface area contributed by atoms with E-state index in [1.165, 1.54) is 7.11 Å². The Bertz CT molecular complexity index is 734. The standard InChI is InChI=1S/C20H21NO5/c1-24-20-17(21-18(22)14-8-4-2-5-9-14)12-16(26-20)13-25-19(23)15-10-6-3-7-11-15/h2-11,16-17,20H,12-13H2,1H3,(H,21,22)/t16-,17+,20+/m0/s1. The number of hydrogen-bond acceptors (Lipinski definition) is 5. The molecule has 0 saturated carbocycles. The van der Waals surface area contributed by atoms with E-state index in [9.17, 15) is 9.59 Å². The summed E-state index contributed by atoms with van der Waals surface area (Å²) in [6.07, 6.45) is -0.420. The normalized spacial score (nSPS) is 22.0. The van der Waals surface area contributed by atoms with Crippen molar-refractivity contribution in [2.24, 2.45) is 0 Å². The number of nitrogens with one attached hydrogen (secondary N) is 1. The van der Waals surface area contributed by atoms with E-state index in [-0.39, 0.29) is 24.7 Å². The zero-order chi connectivity index (χ0) is 18.4. The maximum Gasteiger partial charge on any atom is 0.338 e. The van der Waals surface area contributed by atoms with E-state index in [0.29, 0.717) is 17.5 Å². The van der Waals surface area contributed by atoms with Crippen LogP contribution in [-0.4, -0.2) is 44.0 Å². The summed E-state index contributed by atoms with van der Waals surface area (Å²) in [5, 5.41) is 2.92. The Labute approximate surface area is 152 Å². The molecule has 3 rings (SSSR count). The molecule has 1 heterocycles. The lowest BCUT2D eigenvalue weighted by Crippen LogP contribution is -2.41. The fourth-order valence-corrected chi connectivity index (χ4v) is 2.86. The molecule has 0 spiro atoms. The van der Waals surface area contributed by atoms with E-state index in [4.69, 9.17) is 14.2 Å². The van der Waals surface area contributed by atoms with Crippen LogP contribution in [0.5, 0.6) is 0 Å². The maximum atomic E-state index is 12.3. The SMILES string of the molecule is CO[C@@H]1O[C@H](COC(=O)c2ccccc2)C[C@H]1NC(=O)c1ccccc1. The molecular formula is C20H21NO5. The maximum absolute atomic E-state index is 12.3. The lowest BCUT2D eigenvalue weighted by atomic mass is 10.1. The molecule has 3 atom stereocenters. The summed E-state index contributed by atoms with van der Waals surface area (Å²) in [6, 6.07) is 17.4. The van der Waals surface area contributed by atoms with Gasteiger partial charge in [-0.25, -0.2) is 4.79 Å². The number of benzene rings is 2. The Morgan fingerprint density at radius 3 is 2.27 bits per heavy atom. The summed E-state index contributed by atoms with van der Waals surface area (Å²) in [5.41, 5.74) is 1.06. The van der Waals surface area contributed by atoms with E-state index >= 15 is 0 Å². The van der Waals surface area contributed by atoms with Crippen molar-refractivity contribution < 1.29 is 23.8 Å². The van der Waals surface area contributed by atoms with Crippen LogP contribution in [0.1, 0.15) is 27.1 Å². The summed E-state index contributed by atoms with van der Waals surface area (Å²) in [4.78, 5) is 24.3. The zero-order valence-corrected chi connectivity index (χ0v) is 14.5. The molecule has 2 aromatic rings. The monoisotopic (exact) mass is 355 g/mol. The number of carbonyl (C=O) groups excluding carboxylic acids is 2. The number of esters is 1. The first-order chi connectivity index (χ1) is 12.7. The Hall–Kier alpha value is -2.70. The van der Waals surface area contributed by atoms with E-state index < -0.39 is 12.3 Å². The molecule has 6 nitrogen and oxygen atoms in total. The summed E-state index contributed by atoms with van der Waals surface area (Å²) >= 11 is 0. The average Bonchev–Trinajstić information content (AvgIpc) is 3.09. The van der Waals surface area contributed by atoms with Gasteiger partial charge in [-0.1, -0.05) is 36.4 Å². The lowest BCUT2D eigenvalue weighted by molar-refractivity contribution is -0.130. The van der Waals surface area contributed by atoms with Gasteiger partial charge >= 0.3 is 5.97 Å². The third kappa shape index (κ3) is 4.47. The van der Waals surface area contributed by atoms with Crippen molar-refractivity contribution in [3.8, 4) is 0 Å². The summed E-state index contributed by atoms with van der Waals surface area (Å²) in [5.74, 6) is -0.594. The Kier molecular flexibility index (Phi) is 5.99. The van der Waals surface area contributed by atoms with Gasteiger partial charge in [-0.15, -0.1) is 0 Å². The molecule has 1 aliphatic heterocycles. The van der Waals surface area contributed by atoms with Gasteiger partial charge in [0.1, 0.15) is 6.61 Å². The highest BCUT2D eigenvalue weighted by Gasteiger charge is 2.37. The number of carbonyl (C=O) groups is 2. The molecule has 1 amide bonds. The van der Waals surface area contributed by atoms with Crippen LogP contribution in [0.25, 0.3) is 0 Å². The second-order valence-corrected chi connectivity index (χ2v) is 6.01. The van der Waals surface area contributed by atoms with Crippen LogP contribution in [0.4, 0.5) is 0 Å². The molecule has 0 aromatic heterocycles. The van der Waals surface area contributed by atoms with Crippen molar-refractivity contribution in [3.63, 3.8) is 0 Å². The molecule has 1 aliphatic rings. The molecule has 26 heavy (non-hydrogen) atoms. The lowest BCUT2D eigenvalue weighted by Gasteiger charge is -2.18. The van der Waals surface area contributed by atoms with Crippen LogP contribution in [0.2, 0.25) is 0 Å². The number of hydrogen-bond donors (Lipinski definition) is 1. The highest BCUT2D eigenvalue weighted by molar-refractivity contribution is 5.94. The van der Waals surface area contributed by atoms with Gasteiger partial charge in [0.15, 0.2) is 6.29 Å². The van der Waals surface area contributed by atoms with E-state index in [1.54, 1.807) is 48.5 Å². The minimum absolute atomic E-state index is 0.102. The number of ether oxygens (including phenoxy) is 3. The molecule has 0 radical (unpaired) electrons. The predicted octanol–water partition coefficient (Wildman–Crippen LogP) is 2.40. The number of amides is 1. The highest BCUT2D eigenvalue weighted by Crippen LogP contribution is 2.22. The topological polar surface area (TPSA) is 73.9 Å². The van der Waals surface area contributed by atoms with Gasteiger partial charge in [-0.2, -0.15) is 0 Å². The Balaban J connectivity index is 1.53. The smallest absolute Gasteiger partial charge is 0.338 e. The third-order valence-corrected chi connectivity index (χ3v) is 4.17. The number of methoxy groups -OCH3 is 1. The second kappa shape index (κ2) is 8.60. The molecule has 0 bridgehead atoms. The van der Waals surface area contributed by atoms with Crippen LogP contribution in [0.3, 0.4) is 0 Å². The molecule has 2 aromatic carbocycles. The minimum Gasteiger partial charge on any atom is -0.459 e. The summed E-state index contributed by atoms with van der Waals surface area (Å²) in [7, 11) is 1.52. The first-order valence-electron chi connectivity index (χ1n) is 8.43. The summed E-state index contributed by atoms with van der Waals surface area (Å²) in [6.45, 7) is 0.102. The fourth-order valence-electron chi connectivity index (χ4n) is 2.86. The largest absolute Gasteiger partial charge is 0.459 e. The first kappa shape index (κ1) is 18.1. The Morgan fingerprint density at radius 1 is 1.04 bits per heavy atom.